The molecule has 2 aromatic rings. The van der Waals surface area contributed by atoms with Crippen LogP contribution in [0.1, 0.15) is 27.9 Å². The Labute approximate surface area is 124 Å². The molecule has 110 valence electrons. The molecule has 0 spiro atoms. The number of carbonyl (C=O) groups excluding carboxylic acids is 1. The van der Waals surface area contributed by atoms with Crippen LogP contribution in [-0.2, 0) is 16.4 Å². The highest BCUT2D eigenvalue weighted by Crippen LogP contribution is 2.13. The summed E-state index contributed by atoms with van der Waals surface area (Å²) in [6.45, 7) is 0. The summed E-state index contributed by atoms with van der Waals surface area (Å²) in [7, 11) is -3.43. The fraction of sp³-hybridized carbons (Fsp3) is 0.188. The van der Waals surface area contributed by atoms with Gasteiger partial charge in [-0.25, -0.2) is 13.6 Å². The van der Waals surface area contributed by atoms with E-state index in [0.29, 0.717) is 24.0 Å². The van der Waals surface area contributed by atoms with Gasteiger partial charge in [-0.05, 0) is 24.5 Å². The normalized spacial score (nSPS) is 11.3. The van der Waals surface area contributed by atoms with Crippen molar-refractivity contribution < 1.29 is 13.2 Å². The molecule has 2 aromatic carbocycles. The summed E-state index contributed by atoms with van der Waals surface area (Å²) in [5.74, 6) is -0.0898. The number of nitrogens with two attached hydrogens (primary N) is 1. The van der Waals surface area contributed by atoms with E-state index < -0.39 is 10.0 Å². The number of ketones is 1. The summed E-state index contributed by atoms with van der Waals surface area (Å²) in [6.07, 6.45) is 1.02. The van der Waals surface area contributed by atoms with E-state index in [0.717, 1.165) is 5.56 Å². The quantitative estimate of drug-likeness (QED) is 0.831. The lowest BCUT2D eigenvalue weighted by Crippen LogP contribution is -2.16. The third-order valence-corrected chi connectivity index (χ3v) is 3.98. The predicted octanol–water partition coefficient (Wildman–Crippen LogP) is 2.14. The van der Waals surface area contributed by atoms with Crippen molar-refractivity contribution in [1.29, 1.82) is 0 Å². The number of carbonyl (C=O) groups is 1. The number of hydrogen-bond donors (Lipinski definition) is 1. The van der Waals surface area contributed by atoms with Crippen molar-refractivity contribution in [3.63, 3.8) is 0 Å². The molecule has 2 rings (SSSR count). The van der Waals surface area contributed by atoms with Crippen LogP contribution >= 0.6 is 0 Å². The maximum Gasteiger partial charge on any atom is 0.209 e. The third-order valence-electron chi connectivity index (χ3n) is 3.12. The Morgan fingerprint density at radius 1 is 0.952 bits per heavy atom. The van der Waals surface area contributed by atoms with E-state index in [9.17, 15) is 13.2 Å². The van der Waals surface area contributed by atoms with Crippen molar-refractivity contribution in [2.75, 3.05) is 5.75 Å². The second-order valence-corrected chi connectivity index (χ2v) is 6.60. The standard InChI is InChI=1S/C16H17NO3S/c17-21(19,20)11-5-7-13-6-4-10-15(12-13)16(18)14-8-2-1-3-9-14/h1-4,6,8-10,12H,5,7,11H2,(H2,17,19,20). The second kappa shape index (κ2) is 6.65. The molecule has 0 unspecified atom stereocenters. The zero-order valence-corrected chi connectivity index (χ0v) is 12.3. The Morgan fingerprint density at radius 2 is 1.62 bits per heavy atom. The number of hydrogen-bond acceptors (Lipinski definition) is 3. The molecule has 0 atom stereocenters. The number of benzene rings is 2. The topological polar surface area (TPSA) is 77.2 Å². The first kappa shape index (κ1) is 15.4. The Kier molecular flexibility index (Phi) is 4.88. The molecule has 2 N–H and O–H groups in total. The van der Waals surface area contributed by atoms with Crippen LogP contribution in [0.5, 0.6) is 0 Å². The van der Waals surface area contributed by atoms with Gasteiger partial charge in [-0.1, -0.05) is 48.5 Å². The fourth-order valence-electron chi connectivity index (χ4n) is 2.10. The molecule has 0 aromatic heterocycles. The van der Waals surface area contributed by atoms with E-state index >= 15 is 0 Å². The van der Waals surface area contributed by atoms with Crippen LogP contribution < -0.4 is 5.14 Å². The first-order valence-electron chi connectivity index (χ1n) is 6.65. The molecule has 21 heavy (non-hydrogen) atoms. The van der Waals surface area contributed by atoms with Crippen molar-refractivity contribution in [3.05, 3.63) is 71.3 Å². The van der Waals surface area contributed by atoms with Crippen molar-refractivity contribution in [1.82, 2.24) is 0 Å². The van der Waals surface area contributed by atoms with Crippen LogP contribution in [0.15, 0.2) is 54.6 Å². The van der Waals surface area contributed by atoms with Crippen molar-refractivity contribution in [2.45, 2.75) is 12.8 Å². The molecule has 0 bridgehead atoms. The van der Waals surface area contributed by atoms with Crippen LogP contribution in [0.25, 0.3) is 0 Å². The number of primary sulfonamides is 1. The minimum Gasteiger partial charge on any atom is -0.289 e. The average Bonchev–Trinajstić information content (AvgIpc) is 2.46. The molecule has 0 fully saturated rings. The maximum atomic E-state index is 12.3. The summed E-state index contributed by atoms with van der Waals surface area (Å²) < 4.78 is 21.8. The third kappa shape index (κ3) is 4.81. The van der Waals surface area contributed by atoms with Gasteiger partial charge in [0.05, 0.1) is 5.75 Å². The summed E-state index contributed by atoms with van der Waals surface area (Å²) in [5.41, 5.74) is 2.17. The van der Waals surface area contributed by atoms with Crippen LogP contribution in [0.4, 0.5) is 0 Å². The van der Waals surface area contributed by atoms with Crippen molar-refractivity contribution >= 4 is 15.8 Å². The van der Waals surface area contributed by atoms with Gasteiger partial charge in [0, 0.05) is 11.1 Å². The first-order valence-corrected chi connectivity index (χ1v) is 8.36. The van der Waals surface area contributed by atoms with Crippen LogP contribution in [0, 0.1) is 0 Å². The average molecular weight is 303 g/mol. The molecule has 0 saturated carbocycles. The molecule has 0 radical (unpaired) electrons. The Hall–Kier alpha value is -1.98. The van der Waals surface area contributed by atoms with Crippen LogP contribution in [0.2, 0.25) is 0 Å². The smallest absolute Gasteiger partial charge is 0.209 e. The summed E-state index contributed by atoms with van der Waals surface area (Å²) in [4.78, 5) is 12.3. The molecule has 4 nitrogen and oxygen atoms in total. The van der Waals surface area contributed by atoms with Crippen molar-refractivity contribution in [2.24, 2.45) is 5.14 Å². The second-order valence-electron chi connectivity index (χ2n) is 4.87. The molecule has 0 aliphatic carbocycles. The molecule has 0 heterocycles. The lowest BCUT2D eigenvalue weighted by Gasteiger charge is -2.05. The number of sulfonamides is 1. The first-order chi connectivity index (χ1) is 9.96. The SMILES string of the molecule is NS(=O)(=O)CCCc1cccc(C(=O)c2ccccc2)c1. The van der Waals surface area contributed by atoms with Gasteiger partial charge in [-0.2, -0.15) is 0 Å². The van der Waals surface area contributed by atoms with E-state index in [1.54, 1.807) is 24.3 Å². The summed E-state index contributed by atoms with van der Waals surface area (Å²) in [6, 6.07) is 16.3. The van der Waals surface area contributed by atoms with Gasteiger partial charge in [-0.15, -0.1) is 0 Å². The van der Waals surface area contributed by atoms with E-state index in [1.165, 1.54) is 0 Å². The number of rotatable bonds is 6. The zero-order chi connectivity index (χ0) is 15.3. The Morgan fingerprint density at radius 3 is 2.29 bits per heavy atom. The van der Waals surface area contributed by atoms with Gasteiger partial charge in [0.25, 0.3) is 0 Å². The van der Waals surface area contributed by atoms with Gasteiger partial charge < -0.3 is 0 Å². The maximum absolute atomic E-state index is 12.3. The molecule has 5 heteroatoms. The largest absolute Gasteiger partial charge is 0.289 e. The van der Waals surface area contributed by atoms with E-state index in [1.807, 2.05) is 30.3 Å². The Bertz CT molecular complexity index is 724. The summed E-state index contributed by atoms with van der Waals surface area (Å²) in [5, 5.41) is 4.97. The highest BCUT2D eigenvalue weighted by atomic mass is 32.2. The van der Waals surface area contributed by atoms with Gasteiger partial charge in [0.2, 0.25) is 10.0 Å². The monoisotopic (exact) mass is 303 g/mol. The molecular formula is C16H17NO3S. The number of aryl methyl sites for hydroxylation is 1. The fourth-order valence-corrected chi connectivity index (χ4v) is 2.65. The van der Waals surface area contributed by atoms with Crippen LogP contribution in [-0.4, -0.2) is 20.0 Å². The Balaban J connectivity index is 2.09. The highest BCUT2D eigenvalue weighted by molar-refractivity contribution is 7.89. The molecule has 0 amide bonds. The zero-order valence-electron chi connectivity index (χ0n) is 11.5. The summed E-state index contributed by atoms with van der Waals surface area (Å²) >= 11 is 0. The molecule has 0 aliphatic rings. The van der Waals surface area contributed by atoms with Crippen molar-refractivity contribution in [3.8, 4) is 0 Å². The van der Waals surface area contributed by atoms with Gasteiger partial charge in [-0.3, -0.25) is 4.79 Å². The lowest BCUT2D eigenvalue weighted by molar-refractivity contribution is 0.103. The minimum atomic E-state index is -3.43. The molecule has 0 saturated heterocycles. The minimum absolute atomic E-state index is 0.0381. The van der Waals surface area contributed by atoms with E-state index in [2.05, 4.69) is 0 Å². The predicted molar refractivity (Wildman–Crippen MR) is 82.6 cm³/mol. The lowest BCUT2D eigenvalue weighted by atomic mass is 10.00. The van der Waals surface area contributed by atoms with Gasteiger partial charge in [0.15, 0.2) is 5.78 Å². The van der Waals surface area contributed by atoms with Crippen LogP contribution in [0.3, 0.4) is 0 Å². The van der Waals surface area contributed by atoms with Gasteiger partial charge >= 0.3 is 0 Å². The van der Waals surface area contributed by atoms with E-state index in [4.69, 9.17) is 5.14 Å². The van der Waals surface area contributed by atoms with Gasteiger partial charge in [0.1, 0.15) is 0 Å². The molecular weight excluding hydrogens is 286 g/mol. The molecule has 0 aliphatic heterocycles. The highest BCUT2D eigenvalue weighted by Gasteiger charge is 2.09. The van der Waals surface area contributed by atoms with E-state index in [-0.39, 0.29) is 11.5 Å².